The number of fused-ring (bicyclic) bond motifs is 2. The summed E-state index contributed by atoms with van der Waals surface area (Å²) in [6.07, 6.45) is 0.954. The SMILES string of the molecule is CC.CC.CCc1cc(O)cc2cccc(C)c12.Cc1cc(O)cc2cccc(F)c12. The number of hydrogen-bond donors (Lipinski definition) is 2. The van der Waals surface area contributed by atoms with E-state index in [0.29, 0.717) is 11.1 Å². The molecule has 4 rings (SSSR count). The van der Waals surface area contributed by atoms with Crippen LogP contribution in [0.3, 0.4) is 0 Å². The van der Waals surface area contributed by atoms with E-state index in [-0.39, 0.29) is 11.6 Å². The van der Waals surface area contributed by atoms with Crippen molar-refractivity contribution >= 4 is 21.5 Å². The summed E-state index contributed by atoms with van der Waals surface area (Å²) in [6.45, 7) is 14.0. The number of phenols is 2. The van der Waals surface area contributed by atoms with Gasteiger partial charge in [0.2, 0.25) is 0 Å². The minimum absolute atomic E-state index is 0.176. The molecule has 3 heteroatoms. The maximum Gasteiger partial charge on any atom is 0.131 e. The Bertz CT molecular complexity index is 1120. The van der Waals surface area contributed by atoms with Crippen LogP contribution in [0.1, 0.15) is 51.3 Å². The molecule has 0 aliphatic carbocycles. The Morgan fingerprint density at radius 2 is 1.19 bits per heavy atom. The highest BCUT2D eigenvalue weighted by Gasteiger charge is 2.05. The molecule has 0 bridgehead atoms. The fourth-order valence-electron chi connectivity index (χ4n) is 3.55. The highest BCUT2D eigenvalue weighted by atomic mass is 19.1. The van der Waals surface area contributed by atoms with Gasteiger partial charge in [0.1, 0.15) is 17.3 Å². The molecule has 0 spiro atoms. The summed E-state index contributed by atoms with van der Waals surface area (Å²) in [4.78, 5) is 0. The lowest BCUT2D eigenvalue weighted by Gasteiger charge is -2.08. The van der Waals surface area contributed by atoms with E-state index in [0.717, 1.165) is 22.8 Å². The van der Waals surface area contributed by atoms with E-state index in [9.17, 15) is 14.6 Å². The highest BCUT2D eigenvalue weighted by molar-refractivity contribution is 5.90. The third kappa shape index (κ3) is 6.45. The van der Waals surface area contributed by atoms with Crippen LogP contribution in [-0.2, 0) is 6.42 Å². The molecule has 0 saturated carbocycles. The maximum absolute atomic E-state index is 13.3. The lowest BCUT2D eigenvalue weighted by molar-refractivity contribution is 0.475. The summed E-state index contributed by atoms with van der Waals surface area (Å²) < 4.78 is 13.3. The van der Waals surface area contributed by atoms with Crippen molar-refractivity contribution in [3.63, 3.8) is 0 Å². The summed E-state index contributed by atoms with van der Waals surface area (Å²) in [5.41, 5.74) is 3.26. The second-order valence-electron chi connectivity index (χ2n) is 6.73. The molecule has 0 radical (unpaired) electrons. The first-order valence-corrected chi connectivity index (χ1v) is 11.0. The average molecular weight is 423 g/mol. The van der Waals surface area contributed by atoms with Crippen LogP contribution in [0.15, 0.2) is 60.7 Å². The summed E-state index contributed by atoms with van der Waals surface area (Å²) >= 11 is 0. The minimum Gasteiger partial charge on any atom is -0.508 e. The average Bonchev–Trinajstić information content (AvgIpc) is 2.76. The molecule has 0 amide bonds. The van der Waals surface area contributed by atoms with Gasteiger partial charge in [-0.1, -0.05) is 65.0 Å². The molecule has 4 aromatic carbocycles. The maximum atomic E-state index is 13.3. The van der Waals surface area contributed by atoms with E-state index in [1.165, 1.54) is 22.6 Å². The monoisotopic (exact) mass is 422 g/mol. The third-order valence-corrected chi connectivity index (χ3v) is 4.74. The first-order valence-electron chi connectivity index (χ1n) is 11.0. The number of halogens is 1. The zero-order valence-corrected chi connectivity index (χ0v) is 19.8. The molecule has 166 valence electrons. The summed E-state index contributed by atoms with van der Waals surface area (Å²) in [6, 6.07) is 17.8. The number of rotatable bonds is 1. The molecule has 0 aliphatic rings. The van der Waals surface area contributed by atoms with Crippen molar-refractivity contribution in [3.8, 4) is 11.5 Å². The lowest BCUT2D eigenvalue weighted by atomic mass is 9.98. The number of benzene rings is 4. The Labute approximate surface area is 186 Å². The lowest BCUT2D eigenvalue weighted by Crippen LogP contribution is -1.86. The zero-order chi connectivity index (χ0) is 23.6. The molecule has 0 heterocycles. The fraction of sp³-hybridized carbons (Fsp3) is 0.286. The van der Waals surface area contributed by atoms with Gasteiger partial charge in [-0.3, -0.25) is 0 Å². The summed E-state index contributed by atoms with van der Waals surface area (Å²) in [5, 5.41) is 22.5. The van der Waals surface area contributed by atoms with Gasteiger partial charge in [-0.2, -0.15) is 0 Å². The zero-order valence-electron chi connectivity index (χ0n) is 19.8. The second kappa shape index (κ2) is 12.6. The molecule has 0 saturated heterocycles. The molecule has 4 aromatic rings. The van der Waals surface area contributed by atoms with Gasteiger partial charge in [-0.15, -0.1) is 0 Å². The Kier molecular flexibility index (Phi) is 10.5. The second-order valence-corrected chi connectivity index (χ2v) is 6.73. The number of aromatic hydroxyl groups is 2. The van der Waals surface area contributed by atoms with Crippen LogP contribution in [0.4, 0.5) is 4.39 Å². The predicted octanol–water partition coefficient (Wildman–Crippen LogP) is 8.46. The van der Waals surface area contributed by atoms with Crippen molar-refractivity contribution in [2.45, 2.75) is 54.9 Å². The Balaban J connectivity index is 0.000000268. The number of phenolic OH excluding ortho intramolecular Hbond substituents is 2. The molecule has 2 N–H and O–H groups in total. The van der Waals surface area contributed by atoms with E-state index in [4.69, 9.17) is 0 Å². The minimum atomic E-state index is -0.241. The van der Waals surface area contributed by atoms with Crippen LogP contribution in [0.5, 0.6) is 11.5 Å². The van der Waals surface area contributed by atoms with Crippen molar-refractivity contribution in [2.24, 2.45) is 0 Å². The van der Waals surface area contributed by atoms with Crippen molar-refractivity contribution in [2.75, 3.05) is 0 Å². The normalized spacial score (nSPS) is 9.68. The van der Waals surface area contributed by atoms with Gasteiger partial charge in [-0.05, 0) is 83.4 Å². The van der Waals surface area contributed by atoms with Crippen LogP contribution in [0.2, 0.25) is 0 Å². The quantitative estimate of drug-likeness (QED) is 0.323. The van der Waals surface area contributed by atoms with E-state index in [2.05, 4.69) is 19.9 Å². The van der Waals surface area contributed by atoms with Crippen molar-refractivity contribution in [1.82, 2.24) is 0 Å². The summed E-state index contributed by atoms with van der Waals surface area (Å²) in [5.74, 6) is 0.297. The van der Waals surface area contributed by atoms with Crippen LogP contribution in [0.25, 0.3) is 21.5 Å². The van der Waals surface area contributed by atoms with E-state index in [1.807, 2.05) is 52.0 Å². The molecular formula is C28H35FO2. The van der Waals surface area contributed by atoms with Gasteiger partial charge in [0.15, 0.2) is 0 Å². The van der Waals surface area contributed by atoms with Crippen molar-refractivity contribution in [3.05, 3.63) is 83.2 Å². The smallest absolute Gasteiger partial charge is 0.131 e. The molecule has 0 unspecified atom stereocenters. The molecule has 31 heavy (non-hydrogen) atoms. The van der Waals surface area contributed by atoms with Gasteiger partial charge in [0.25, 0.3) is 0 Å². The standard InChI is InChI=1S/C13H14O.C11H9FO.2C2H6/c1-3-10-7-12(14)8-11-6-4-5-9(2)13(10)11;1-7-5-9(13)6-8-3-2-4-10(12)11(7)8;2*1-2/h4-8,14H,3H2,1-2H3;2-6,13H,1H3;2*1-2H3. The van der Waals surface area contributed by atoms with Crippen LogP contribution < -0.4 is 0 Å². The van der Waals surface area contributed by atoms with Gasteiger partial charge >= 0.3 is 0 Å². The van der Waals surface area contributed by atoms with Crippen molar-refractivity contribution in [1.29, 1.82) is 0 Å². The topological polar surface area (TPSA) is 40.5 Å². The van der Waals surface area contributed by atoms with E-state index in [1.54, 1.807) is 31.2 Å². The highest BCUT2D eigenvalue weighted by Crippen LogP contribution is 2.28. The van der Waals surface area contributed by atoms with Gasteiger partial charge in [0.05, 0.1) is 0 Å². The van der Waals surface area contributed by atoms with Gasteiger partial charge < -0.3 is 10.2 Å². The Morgan fingerprint density at radius 1 is 0.677 bits per heavy atom. The Hall–Kier alpha value is -3.07. The van der Waals surface area contributed by atoms with Crippen LogP contribution in [-0.4, -0.2) is 10.2 Å². The number of aryl methyl sites for hydroxylation is 3. The molecule has 0 aliphatic heterocycles. The molecule has 0 atom stereocenters. The summed E-state index contributed by atoms with van der Waals surface area (Å²) in [7, 11) is 0. The molecule has 0 fully saturated rings. The molecule has 0 aromatic heterocycles. The molecular weight excluding hydrogens is 387 g/mol. The van der Waals surface area contributed by atoms with Crippen LogP contribution in [0, 0.1) is 19.7 Å². The van der Waals surface area contributed by atoms with Crippen molar-refractivity contribution < 1.29 is 14.6 Å². The fourth-order valence-corrected chi connectivity index (χ4v) is 3.55. The largest absolute Gasteiger partial charge is 0.508 e. The van der Waals surface area contributed by atoms with Gasteiger partial charge in [0, 0.05) is 5.39 Å². The first-order chi connectivity index (χ1) is 14.9. The Morgan fingerprint density at radius 3 is 1.77 bits per heavy atom. The first kappa shape index (κ1) is 26.0. The van der Waals surface area contributed by atoms with Crippen LogP contribution >= 0.6 is 0 Å². The number of hydrogen-bond acceptors (Lipinski definition) is 2. The third-order valence-electron chi connectivity index (χ3n) is 4.74. The molecule has 2 nitrogen and oxygen atoms in total. The van der Waals surface area contributed by atoms with E-state index < -0.39 is 0 Å². The van der Waals surface area contributed by atoms with Gasteiger partial charge in [-0.25, -0.2) is 4.39 Å². The van der Waals surface area contributed by atoms with E-state index >= 15 is 0 Å². The predicted molar refractivity (Wildman–Crippen MR) is 133 cm³/mol.